The van der Waals surface area contributed by atoms with Gasteiger partial charge in [0.25, 0.3) is 0 Å². The Balaban J connectivity index is 2.66. The lowest BCUT2D eigenvalue weighted by Crippen LogP contribution is -2.06. The first-order chi connectivity index (χ1) is 8.19. The van der Waals surface area contributed by atoms with Gasteiger partial charge in [-0.25, -0.2) is 4.39 Å². The lowest BCUT2D eigenvalue weighted by molar-refractivity contribution is 0.322. The van der Waals surface area contributed by atoms with Gasteiger partial charge >= 0.3 is 0 Å². The van der Waals surface area contributed by atoms with Crippen LogP contribution in [0.2, 0.25) is 0 Å². The fourth-order valence-electron chi connectivity index (χ4n) is 1.43. The third-order valence-corrected chi connectivity index (χ3v) is 2.94. The van der Waals surface area contributed by atoms with E-state index in [1.165, 1.54) is 6.07 Å². The SMILES string of the molecule is CCOc1cc(NCCCSC)c(N)cc1F. The minimum Gasteiger partial charge on any atom is -0.491 e. The highest BCUT2D eigenvalue weighted by atomic mass is 32.2. The summed E-state index contributed by atoms with van der Waals surface area (Å²) in [5, 5.41) is 3.19. The lowest BCUT2D eigenvalue weighted by Gasteiger charge is -2.12. The Morgan fingerprint density at radius 1 is 1.47 bits per heavy atom. The molecule has 5 heteroatoms. The van der Waals surface area contributed by atoms with Gasteiger partial charge in [0, 0.05) is 18.7 Å². The average Bonchev–Trinajstić information content (AvgIpc) is 2.30. The Morgan fingerprint density at radius 2 is 2.24 bits per heavy atom. The molecular weight excluding hydrogens is 239 g/mol. The summed E-state index contributed by atoms with van der Waals surface area (Å²) in [5.41, 5.74) is 6.88. The van der Waals surface area contributed by atoms with Crippen LogP contribution < -0.4 is 15.8 Å². The highest BCUT2D eigenvalue weighted by Crippen LogP contribution is 2.28. The molecule has 0 aliphatic rings. The molecule has 1 rings (SSSR count). The Labute approximate surface area is 106 Å². The zero-order valence-corrected chi connectivity index (χ0v) is 11.1. The van der Waals surface area contributed by atoms with Crippen molar-refractivity contribution in [3.05, 3.63) is 17.9 Å². The molecule has 0 bridgehead atoms. The summed E-state index contributed by atoms with van der Waals surface area (Å²) >= 11 is 1.80. The van der Waals surface area contributed by atoms with Crippen molar-refractivity contribution >= 4 is 23.1 Å². The number of nitrogens with one attached hydrogen (secondary N) is 1. The van der Waals surface area contributed by atoms with Gasteiger partial charge in [0.15, 0.2) is 11.6 Å². The van der Waals surface area contributed by atoms with Crippen LogP contribution in [-0.2, 0) is 0 Å². The van der Waals surface area contributed by atoms with Gasteiger partial charge in [-0.1, -0.05) is 0 Å². The number of ether oxygens (including phenoxy) is 1. The van der Waals surface area contributed by atoms with Gasteiger partial charge < -0.3 is 15.8 Å². The number of nitrogen functional groups attached to an aromatic ring is 1. The first-order valence-electron chi connectivity index (χ1n) is 5.63. The van der Waals surface area contributed by atoms with Gasteiger partial charge in [0.1, 0.15) is 0 Å². The summed E-state index contributed by atoms with van der Waals surface area (Å²) in [4.78, 5) is 0. The van der Waals surface area contributed by atoms with Gasteiger partial charge in [-0.2, -0.15) is 11.8 Å². The summed E-state index contributed by atoms with van der Waals surface area (Å²) < 4.78 is 18.6. The number of hydrogen-bond donors (Lipinski definition) is 2. The fourth-order valence-corrected chi connectivity index (χ4v) is 1.86. The predicted octanol–water partition coefficient (Wildman–Crippen LogP) is 2.97. The zero-order chi connectivity index (χ0) is 12.7. The van der Waals surface area contributed by atoms with Crippen LogP contribution in [0.25, 0.3) is 0 Å². The van der Waals surface area contributed by atoms with E-state index in [0.29, 0.717) is 12.3 Å². The molecule has 0 aliphatic carbocycles. The van der Waals surface area contributed by atoms with Crippen molar-refractivity contribution in [2.75, 3.05) is 36.2 Å². The van der Waals surface area contributed by atoms with Crippen molar-refractivity contribution < 1.29 is 9.13 Å². The maximum atomic E-state index is 13.4. The van der Waals surface area contributed by atoms with E-state index in [9.17, 15) is 4.39 Å². The topological polar surface area (TPSA) is 47.3 Å². The maximum Gasteiger partial charge on any atom is 0.167 e. The van der Waals surface area contributed by atoms with Crippen LogP contribution >= 0.6 is 11.8 Å². The molecule has 0 atom stereocenters. The van der Waals surface area contributed by atoms with Crippen LogP contribution in [-0.4, -0.2) is 25.2 Å². The Bertz CT molecular complexity index is 361. The van der Waals surface area contributed by atoms with Crippen LogP contribution in [0.4, 0.5) is 15.8 Å². The van der Waals surface area contributed by atoms with Crippen LogP contribution in [0.15, 0.2) is 12.1 Å². The molecule has 1 aromatic rings. The second-order valence-electron chi connectivity index (χ2n) is 3.58. The van der Waals surface area contributed by atoms with Gasteiger partial charge in [-0.05, 0) is 25.4 Å². The summed E-state index contributed by atoms with van der Waals surface area (Å²) in [6, 6.07) is 2.91. The van der Waals surface area contributed by atoms with Crippen molar-refractivity contribution in [2.24, 2.45) is 0 Å². The van der Waals surface area contributed by atoms with Crippen molar-refractivity contribution in [2.45, 2.75) is 13.3 Å². The number of anilines is 2. The van der Waals surface area contributed by atoms with Crippen molar-refractivity contribution in [1.82, 2.24) is 0 Å². The van der Waals surface area contributed by atoms with Crippen LogP contribution in [0.1, 0.15) is 13.3 Å². The number of thioether (sulfide) groups is 1. The van der Waals surface area contributed by atoms with Crippen LogP contribution in [0.3, 0.4) is 0 Å². The monoisotopic (exact) mass is 258 g/mol. The summed E-state index contributed by atoms with van der Waals surface area (Å²) in [6.45, 7) is 3.08. The molecule has 17 heavy (non-hydrogen) atoms. The Morgan fingerprint density at radius 3 is 2.88 bits per heavy atom. The van der Waals surface area contributed by atoms with Crippen molar-refractivity contribution in [3.8, 4) is 5.75 Å². The molecule has 0 saturated carbocycles. The molecule has 96 valence electrons. The van der Waals surface area contributed by atoms with Gasteiger partial charge in [0.2, 0.25) is 0 Å². The second-order valence-corrected chi connectivity index (χ2v) is 4.56. The number of rotatable bonds is 7. The quantitative estimate of drug-likeness (QED) is 0.583. The average molecular weight is 258 g/mol. The molecule has 0 spiro atoms. The third-order valence-electron chi connectivity index (χ3n) is 2.24. The Kier molecular flexibility index (Phi) is 5.97. The predicted molar refractivity (Wildman–Crippen MR) is 73.5 cm³/mol. The molecule has 0 amide bonds. The molecule has 3 nitrogen and oxygen atoms in total. The maximum absolute atomic E-state index is 13.4. The van der Waals surface area contributed by atoms with E-state index < -0.39 is 5.82 Å². The molecule has 0 unspecified atom stereocenters. The molecule has 1 aromatic carbocycles. The lowest BCUT2D eigenvalue weighted by atomic mass is 10.2. The van der Waals surface area contributed by atoms with Crippen molar-refractivity contribution in [3.63, 3.8) is 0 Å². The van der Waals surface area contributed by atoms with Crippen molar-refractivity contribution in [1.29, 1.82) is 0 Å². The van der Waals surface area contributed by atoms with E-state index >= 15 is 0 Å². The normalized spacial score (nSPS) is 10.3. The first-order valence-corrected chi connectivity index (χ1v) is 7.03. The molecular formula is C12H19FN2OS. The molecule has 0 fully saturated rings. The fraction of sp³-hybridized carbons (Fsp3) is 0.500. The minimum atomic E-state index is -0.418. The zero-order valence-electron chi connectivity index (χ0n) is 10.3. The van der Waals surface area contributed by atoms with E-state index in [4.69, 9.17) is 10.5 Å². The van der Waals surface area contributed by atoms with E-state index in [2.05, 4.69) is 11.6 Å². The highest BCUT2D eigenvalue weighted by molar-refractivity contribution is 7.98. The van der Waals surface area contributed by atoms with E-state index in [1.54, 1.807) is 17.8 Å². The van der Waals surface area contributed by atoms with Crippen LogP contribution in [0, 0.1) is 5.82 Å². The van der Waals surface area contributed by atoms with Crippen LogP contribution in [0.5, 0.6) is 5.75 Å². The molecule has 0 aliphatic heterocycles. The molecule has 0 aromatic heterocycles. The minimum absolute atomic E-state index is 0.245. The summed E-state index contributed by atoms with van der Waals surface area (Å²) in [5.74, 6) is 0.917. The third kappa shape index (κ3) is 4.34. The van der Waals surface area contributed by atoms with E-state index in [0.717, 1.165) is 24.4 Å². The molecule has 3 N–H and O–H groups in total. The standard InChI is InChI=1S/C12H19FN2OS/c1-3-16-12-8-11(10(14)7-9(12)13)15-5-4-6-17-2/h7-8,15H,3-6,14H2,1-2H3. The van der Waals surface area contributed by atoms with Gasteiger partial charge in [-0.15, -0.1) is 0 Å². The number of nitrogens with two attached hydrogens (primary N) is 1. The summed E-state index contributed by atoms with van der Waals surface area (Å²) in [7, 11) is 0. The first kappa shape index (κ1) is 14.0. The highest BCUT2D eigenvalue weighted by Gasteiger charge is 2.08. The molecule has 0 radical (unpaired) electrons. The number of halogens is 1. The smallest absolute Gasteiger partial charge is 0.167 e. The number of hydrogen-bond acceptors (Lipinski definition) is 4. The summed E-state index contributed by atoms with van der Waals surface area (Å²) in [6.07, 6.45) is 3.11. The Hall–Kier alpha value is -1.10. The second kappa shape index (κ2) is 7.27. The molecule has 0 heterocycles. The number of benzene rings is 1. The van der Waals surface area contributed by atoms with E-state index in [1.807, 2.05) is 6.92 Å². The molecule has 0 saturated heterocycles. The largest absolute Gasteiger partial charge is 0.491 e. The van der Waals surface area contributed by atoms with Gasteiger partial charge in [0.05, 0.1) is 18.0 Å². The van der Waals surface area contributed by atoms with Gasteiger partial charge in [-0.3, -0.25) is 0 Å². The van der Waals surface area contributed by atoms with E-state index in [-0.39, 0.29) is 5.75 Å².